The van der Waals surface area contributed by atoms with Gasteiger partial charge in [0.25, 0.3) is 0 Å². The maximum absolute atomic E-state index is 9.75. The topological polar surface area (TPSA) is 114 Å². The zero-order valence-electron chi connectivity index (χ0n) is 15.6. The van der Waals surface area contributed by atoms with Gasteiger partial charge in [0.2, 0.25) is 5.95 Å². The molecule has 0 bridgehead atoms. The van der Waals surface area contributed by atoms with E-state index in [-0.39, 0.29) is 6.10 Å². The Morgan fingerprint density at radius 3 is 2.72 bits per heavy atom. The molecular weight excluding hydrogens is 388 g/mol. The molecule has 0 unspecified atom stereocenters. The van der Waals surface area contributed by atoms with Gasteiger partial charge in [-0.1, -0.05) is 0 Å². The molecule has 0 saturated heterocycles. The Morgan fingerprint density at radius 1 is 1.07 bits per heavy atom. The lowest BCUT2D eigenvalue weighted by Crippen LogP contribution is -2.28. The van der Waals surface area contributed by atoms with E-state index in [2.05, 4.69) is 30.7 Å². The van der Waals surface area contributed by atoms with E-state index in [0.29, 0.717) is 12.0 Å². The van der Waals surface area contributed by atoms with Crippen LogP contribution in [0.5, 0.6) is 0 Å². The molecule has 148 valence electrons. The second-order valence-corrected chi connectivity index (χ2v) is 7.99. The zero-order valence-corrected chi connectivity index (χ0v) is 16.4. The highest BCUT2D eigenvalue weighted by atomic mass is 32.1. The third-order valence-electron chi connectivity index (χ3n) is 4.99. The number of thiophene rings is 1. The Labute approximate surface area is 170 Å². The summed E-state index contributed by atoms with van der Waals surface area (Å²) in [4.78, 5) is 17.4. The third-order valence-corrected chi connectivity index (χ3v) is 5.90. The molecule has 1 saturated carbocycles. The summed E-state index contributed by atoms with van der Waals surface area (Å²) in [7, 11) is 0. The first-order valence-electron chi connectivity index (χ1n) is 9.51. The third kappa shape index (κ3) is 3.89. The Bertz CT molecular complexity index is 1100. The van der Waals surface area contributed by atoms with Gasteiger partial charge in [-0.3, -0.25) is 0 Å². The van der Waals surface area contributed by atoms with Crippen molar-refractivity contribution >= 4 is 39.0 Å². The summed E-state index contributed by atoms with van der Waals surface area (Å²) in [5.74, 6) is 1.34. The normalized spacial score (nSPS) is 19.3. The van der Waals surface area contributed by atoms with Crippen LogP contribution >= 0.6 is 11.3 Å². The molecule has 29 heavy (non-hydrogen) atoms. The smallest absolute Gasteiger partial charge is 0.229 e. The molecule has 4 heterocycles. The van der Waals surface area contributed by atoms with Crippen LogP contribution in [0.4, 0.5) is 17.5 Å². The maximum Gasteiger partial charge on any atom is 0.229 e. The van der Waals surface area contributed by atoms with E-state index in [1.807, 2.05) is 17.6 Å². The van der Waals surface area contributed by atoms with Gasteiger partial charge < -0.3 is 15.7 Å². The van der Waals surface area contributed by atoms with Gasteiger partial charge in [0.05, 0.1) is 46.8 Å². The Kier molecular flexibility index (Phi) is 4.78. The van der Waals surface area contributed by atoms with Gasteiger partial charge in [-0.2, -0.15) is 10.1 Å². The molecule has 1 aliphatic carbocycles. The summed E-state index contributed by atoms with van der Waals surface area (Å²) in [6.07, 6.45) is 11.8. The van der Waals surface area contributed by atoms with E-state index < -0.39 is 0 Å². The minimum atomic E-state index is -0.177. The van der Waals surface area contributed by atoms with Crippen LogP contribution < -0.4 is 10.6 Å². The summed E-state index contributed by atoms with van der Waals surface area (Å²) in [6, 6.07) is 2.31. The maximum atomic E-state index is 9.75. The molecular formula is C19H20N8OS. The SMILES string of the molecule is OC1CCC(Nc2nc(Nc3cnn(-c4cncnc4)c3)nc3ccsc23)CC1. The quantitative estimate of drug-likeness (QED) is 0.462. The first-order valence-corrected chi connectivity index (χ1v) is 10.4. The number of aromatic nitrogens is 6. The minimum Gasteiger partial charge on any atom is -0.393 e. The molecule has 0 aliphatic heterocycles. The summed E-state index contributed by atoms with van der Waals surface area (Å²) in [5.41, 5.74) is 2.45. The molecule has 10 heteroatoms. The average Bonchev–Trinajstić information content (AvgIpc) is 3.40. The van der Waals surface area contributed by atoms with Crippen molar-refractivity contribution in [3.05, 3.63) is 42.6 Å². The molecule has 4 aromatic rings. The Balaban J connectivity index is 1.39. The number of fused-ring (bicyclic) bond motifs is 1. The van der Waals surface area contributed by atoms with Crippen LogP contribution in [0.15, 0.2) is 42.6 Å². The van der Waals surface area contributed by atoms with Gasteiger partial charge in [-0.05, 0) is 37.1 Å². The predicted octanol–water partition coefficient (Wildman–Crippen LogP) is 3.13. The number of hydrogen-bond acceptors (Lipinski definition) is 9. The first kappa shape index (κ1) is 18.0. The molecule has 5 rings (SSSR count). The minimum absolute atomic E-state index is 0.177. The number of aliphatic hydroxyl groups is 1. The van der Waals surface area contributed by atoms with E-state index in [1.165, 1.54) is 6.33 Å². The van der Waals surface area contributed by atoms with Crippen molar-refractivity contribution in [2.75, 3.05) is 10.6 Å². The van der Waals surface area contributed by atoms with Crippen LogP contribution in [0.2, 0.25) is 0 Å². The van der Waals surface area contributed by atoms with Crippen molar-refractivity contribution in [1.82, 2.24) is 29.7 Å². The largest absolute Gasteiger partial charge is 0.393 e. The predicted molar refractivity (Wildman–Crippen MR) is 112 cm³/mol. The number of rotatable bonds is 5. The summed E-state index contributed by atoms with van der Waals surface area (Å²) < 4.78 is 2.73. The number of nitrogens with one attached hydrogen (secondary N) is 2. The van der Waals surface area contributed by atoms with Crippen LogP contribution in [-0.4, -0.2) is 47.0 Å². The van der Waals surface area contributed by atoms with Crippen LogP contribution in [0, 0.1) is 0 Å². The van der Waals surface area contributed by atoms with Gasteiger partial charge in [0.1, 0.15) is 17.8 Å². The van der Waals surface area contributed by atoms with Crippen molar-refractivity contribution < 1.29 is 5.11 Å². The van der Waals surface area contributed by atoms with Gasteiger partial charge in [-0.25, -0.2) is 19.6 Å². The van der Waals surface area contributed by atoms with Gasteiger partial charge in [0.15, 0.2) is 0 Å². The number of aliphatic hydroxyl groups excluding tert-OH is 1. The molecule has 1 aliphatic rings. The van der Waals surface area contributed by atoms with E-state index in [0.717, 1.165) is 53.1 Å². The van der Waals surface area contributed by atoms with Crippen molar-refractivity contribution in [1.29, 1.82) is 0 Å². The van der Waals surface area contributed by atoms with E-state index in [9.17, 15) is 5.11 Å². The van der Waals surface area contributed by atoms with Gasteiger partial charge in [-0.15, -0.1) is 11.3 Å². The lowest BCUT2D eigenvalue weighted by Gasteiger charge is -2.26. The van der Waals surface area contributed by atoms with E-state index >= 15 is 0 Å². The Hall–Kier alpha value is -3.11. The van der Waals surface area contributed by atoms with Crippen molar-refractivity contribution in [3.63, 3.8) is 0 Å². The first-order chi connectivity index (χ1) is 14.2. The molecule has 9 nitrogen and oxygen atoms in total. The van der Waals surface area contributed by atoms with Crippen LogP contribution in [0.1, 0.15) is 25.7 Å². The average molecular weight is 408 g/mol. The molecule has 1 fully saturated rings. The van der Waals surface area contributed by atoms with Crippen molar-refractivity contribution in [2.24, 2.45) is 0 Å². The molecule has 0 aromatic carbocycles. The zero-order chi connectivity index (χ0) is 19.6. The van der Waals surface area contributed by atoms with Crippen LogP contribution in [0.25, 0.3) is 15.9 Å². The van der Waals surface area contributed by atoms with Crippen LogP contribution in [0.3, 0.4) is 0 Å². The van der Waals surface area contributed by atoms with Gasteiger partial charge in [0, 0.05) is 6.04 Å². The van der Waals surface area contributed by atoms with Gasteiger partial charge >= 0.3 is 0 Å². The second kappa shape index (κ2) is 7.72. The molecule has 0 radical (unpaired) electrons. The highest BCUT2D eigenvalue weighted by Gasteiger charge is 2.21. The van der Waals surface area contributed by atoms with Crippen LogP contribution in [-0.2, 0) is 0 Å². The fourth-order valence-electron chi connectivity index (χ4n) is 3.50. The molecule has 0 spiro atoms. The molecule has 4 aromatic heterocycles. The summed E-state index contributed by atoms with van der Waals surface area (Å²) in [5, 5.41) is 22.9. The summed E-state index contributed by atoms with van der Waals surface area (Å²) >= 11 is 1.62. The fourth-order valence-corrected chi connectivity index (χ4v) is 4.28. The highest BCUT2D eigenvalue weighted by Crippen LogP contribution is 2.30. The highest BCUT2D eigenvalue weighted by molar-refractivity contribution is 7.17. The molecule has 0 amide bonds. The lowest BCUT2D eigenvalue weighted by molar-refractivity contribution is 0.126. The lowest BCUT2D eigenvalue weighted by atomic mass is 9.93. The number of anilines is 3. The molecule has 0 atom stereocenters. The fraction of sp³-hybridized carbons (Fsp3) is 0.316. The number of nitrogens with zero attached hydrogens (tertiary/aromatic N) is 6. The summed E-state index contributed by atoms with van der Waals surface area (Å²) in [6.45, 7) is 0. The second-order valence-electron chi connectivity index (χ2n) is 7.08. The van der Waals surface area contributed by atoms with E-state index in [4.69, 9.17) is 4.98 Å². The number of hydrogen-bond donors (Lipinski definition) is 3. The van der Waals surface area contributed by atoms with E-state index in [1.54, 1.807) is 34.6 Å². The van der Waals surface area contributed by atoms with Crippen molar-refractivity contribution in [2.45, 2.75) is 37.8 Å². The molecule has 3 N–H and O–H groups in total. The standard InChI is InChI=1S/C19H20N8OS/c28-15-3-1-12(2-4-15)23-18-17-16(5-6-29-17)25-19(26-18)24-13-7-22-27(10-13)14-8-20-11-21-9-14/h5-12,15,28H,1-4H2,(H2,23,24,25,26). The monoisotopic (exact) mass is 408 g/mol. The Morgan fingerprint density at radius 2 is 1.90 bits per heavy atom. The van der Waals surface area contributed by atoms with Crippen molar-refractivity contribution in [3.8, 4) is 5.69 Å².